The molecular formula is C14H15Cl2N3. The van der Waals surface area contributed by atoms with E-state index < -0.39 is 6.04 Å². The summed E-state index contributed by atoms with van der Waals surface area (Å²) >= 11 is 11.9. The van der Waals surface area contributed by atoms with Crippen LogP contribution in [0.4, 0.5) is 0 Å². The van der Waals surface area contributed by atoms with Crippen LogP contribution in [0.1, 0.15) is 38.8 Å². The third-order valence-corrected chi connectivity index (χ3v) is 3.95. The van der Waals surface area contributed by atoms with Crippen LogP contribution in [-0.2, 0) is 0 Å². The summed E-state index contributed by atoms with van der Waals surface area (Å²) in [6.07, 6.45) is 0.854. The average Bonchev–Trinajstić information content (AvgIpc) is 2.58. The minimum atomic E-state index is -0.456. The molecule has 100 valence electrons. The summed E-state index contributed by atoms with van der Waals surface area (Å²) in [7, 11) is 0. The molecular weight excluding hydrogens is 281 g/mol. The van der Waals surface area contributed by atoms with Crippen molar-refractivity contribution in [2.45, 2.75) is 38.8 Å². The molecule has 0 saturated heterocycles. The number of halogens is 2. The maximum Gasteiger partial charge on any atom is 0.159 e. The van der Waals surface area contributed by atoms with Crippen molar-refractivity contribution in [1.29, 1.82) is 5.26 Å². The molecule has 0 N–H and O–H groups in total. The van der Waals surface area contributed by atoms with Crippen molar-refractivity contribution in [1.82, 2.24) is 5.01 Å². The molecule has 0 radical (unpaired) electrons. The van der Waals surface area contributed by atoms with Crippen molar-refractivity contribution in [3.8, 4) is 6.07 Å². The highest BCUT2D eigenvalue weighted by molar-refractivity contribution is 6.42. The minimum Gasteiger partial charge on any atom is -0.269 e. The first kappa shape index (κ1) is 14.2. The molecule has 0 bridgehead atoms. The zero-order chi connectivity index (χ0) is 14.2. The second-order valence-electron chi connectivity index (χ2n) is 5.37. The summed E-state index contributed by atoms with van der Waals surface area (Å²) in [5.41, 5.74) is 1.67. The zero-order valence-electron chi connectivity index (χ0n) is 11.1. The molecule has 1 aromatic carbocycles. The Hall–Kier alpha value is -1.24. The van der Waals surface area contributed by atoms with E-state index in [0.29, 0.717) is 10.0 Å². The van der Waals surface area contributed by atoms with Crippen LogP contribution < -0.4 is 0 Å². The Balaban J connectivity index is 2.41. The van der Waals surface area contributed by atoms with E-state index in [0.717, 1.165) is 17.7 Å². The van der Waals surface area contributed by atoms with Crippen molar-refractivity contribution in [2.24, 2.45) is 5.10 Å². The van der Waals surface area contributed by atoms with E-state index in [1.54, 1.807) is 12.1 Å². The SMILES string of the molecule is CC1=NN(C(C#N)c2ccc(Cl)c(Cl)c2)C(C)(C)C1. The van der Waals surface area contributed by atoms with Crippen LogP contribution in [0.25, 0.3) is 0 Å². The van der Waals surface area contributed by atoms with Gasteiger partial charge in [-0.3, -0.25) is 5.01 Å². The van der Waals surface area contributed by atoms with E-state index in [2.05, 4.69) is 25.0 Å². The highest BCUT2D eigenvalue weighted by Gasteiger charge is 2.37. The van der Waals surface area contributed by atoms with E-state index in [-0.39, 0.29) is 5.54 Å². The first-order valence-corrected chi connectivity index (χ1v) is 6.79. The van der Waals surface area contributed by atoms with Gasteiger partial charge < -0.3 is 0 Å². The van der Waals surface area contributed by atoms with E-state index in [9.17, 15) is 5.26 Å². The lowest BCUT2D eigenvalue weighted by Crippen LogP contribution is -2.38. The van der Waals surface area contributed by atoms with E-state index in [1.807, 2.05) is 18.0 Å². The summed E-state index contributed by atoms with van der Waals surface area (Å²) in [4.78, 5) is 0. The molecule has 0 saturated carbocycles. The van der Waals surface area contributed by atoms with Crippen molar-refractivity contribution in [3.05, 3.63) is 33.8 Å². The molecule has 1 unspecified atom stereocenters. The Labute approximate surface area is 123 Å². The van der Waals surface area contributed by atoms with Gasteiger partial charge in [0.25, 0.3) is 0 Å². The summed E-state index contributed by atoms with van der Waals surface area (Å²) in [6, 6.07) is 7.11. The second-order valence-corrected chi connectivity index (χ2v) is 6.19. The molecule has 0 spiro atoms. The van der Waals surface area contributed by atoms with Gasteiger partial charge in [0.2, 0.25) is 0 Å². The summed E-state index contributed by atoms with van der Waals surface area (Å²) < 4.78 is 0. The largest absolute Gasteiger partial charge is 0.269 e. The van der Waals surface area contributed by atoms with Gasteiger partial charge in [-0.2, -0.15) is 10.4 Å². The number of hydrogen-bond acceptors (Lipinski definition) is 3. The molecule has 3 nitrogen and oxygen atoms in total. The molecule has 1 aromatic rings. The van der Waals surface area contributed by atoms with Gasteiger partial charge in [-0.15, -0.1) is 0 Å². The van der Waals surface area contributed by atoms with Crippen LogP contribution >= 0.6 is 23.2 Å². The normalized spacial score (nSPS) is 18.9. The smallest absolute Gasteiger partial charge is 0.159 e. The van der Waals surface area contributed by atoms with E-state index >= 15 is 0 Å². The van der Waals surface area contributed by atoms with E-state index in [4.69, 9.17) is 23.2 Å². The fourth-order valence-corrected chi connectivity index (χ4v) is 2.73. The summed E-state index contributed by atoms with van der Waals surface area (Å²) in [5.74, 6) is 0. The number of rotatable bonds is 2. The van der Waals surface area contributed by atoms with Crippen molar-refractivity contribution in [3.63, 3.8) is 0 Å². The van der Waals surface area contributed by atoms with Gasteiger partial charge >= 0.3 is 0 Å². The topological polar surface area (TPSA) is 39.4 Å². The third kappa shape index (κ3) is 2.70. The Kier molecular flexibility index (Phi) is 3.75. The maximum absolute atomic E-state index is 9.48. The van der Waals surface area contributed by atoms with Crippen LogP contribution in [0.15, 0.2) is 23.3 Å². The number of hydrogen-bond donors (Lipinski definition) is 0. The van der Waals surface area contributed by atoms with Gasteiger partial charge in [-0.05, 0) is 38.5 Å². The van der Waals surface area contributed by atoms with Gasteiger partial charge in [-0.1, -0.05) is 29.3 Å². The lowest BCUT2D eigenvalue weighted by Gasteiger charge is -2.34. The first-order valence-electron chi connectivity index (χ1n) is 6.03. The Morgan fingerprint density at radius 1 is 1.37 bits per heavy atom. The second kappa shape index (κ2) is 5.03. The number of hydrazone groups is 1. The van der Waals surface area contributed by atoms with Crippen LogP contribution in [0.2, 0.25) is 10.0 Å². The number of nitriles is 1. The monoisotopic (exact) mass is 295 g/mol. The molecule has 0 aromatic heterocycles. The molecule has 1 heterocycles. The quantitative estimate of drug-likeness (QED) is 0.810. The first-order chi connectivity index (χ1) is 8.85. The molecule has 1 aliphatic heterocycles. The number of nitrogens with zero attached hydrogens (tertiary/aromatic N) is 3. The van der Waals surface area contributed by atoms with Gasteiger partial charge in [0.05, 0.1) is 21.7 Å². The fraction of sp³-hybridized carbons (Fsp3) is 0.429. The highest BCUT2D eigenvalue weighted by atomic mass is 35.5. The third-order valence-electron chi connectivity index (χ3n) is 3.21. The van der Waals surface area contributed by atoms with E-state index in [1.165, 1.54) is 0 Å². The van der Waals surface area contributed by atoms with Crippen LogP contribution in [0.5, 0.6) is 0 Å². The standard InChI is InChI=1S/C14H15Cl2N3/c1-9-7-14(2,3)19(18-9)13(8-17)10-4-5-11(15)12(16)6-10/h4-6,13H,7H2,1-3H3. The average molecular weight is 296 g/mol. The zero-order valence-corrected chi connectivity index (χ0v) is 12.6. The predicted molar refractivity (Wildman–Crippen MR) is 78.5 cm³/mol. The Bertz CT molecular complexity index is 573. The Morgan fingerprint density at radius 3 is 2.53 bits per heavy atom. The maximum atomic E-state index is 9.48. The van der Waals surface area contributed by atoms with Crippen LogP contribution in [-0.4, -0.2) is 16.3 Å². The van der Waals surface area contributed by atoms with Crippen molar-refractivity contribution >= 4 is 28.9 Å². The van der Waals surface area contributed by atoms with Crippen molar-refractivity contribution < 1.29 is 0 Å². The van der Waals surface area contributed by atoms with Crippen LogP contribution in [0, 0.1) is 11.3 Å². The lowest BCUT2D eigenvalue weighted by molar-refractivity contribution is 0.123. The molecule has 0 amide bonds. The fourth-order valence-electron chi connectivity index (χ4n) is 2.42. The number of benzene rings is 1. The lowest BCUT2D eigenvalue weighted by atomic mass is 9.96. The molecule has 5 heteroatoms. The highest BCUT2D eigenvalue weighted by Crippen LogP contribution is 2.36. The van der Waals surface area contributed by atoms with Gasteiger partial charge in [0, 0.05) is 12.1 Å². The summed E-state index contributed by atoms with van der Waals surface area (Å²) in [6.45, 7) is 6.13. The molecule has 1 atom stereocenters. The van der Waals surface area contributed by atoms with Crippen LogP contribution in [0.3, 0.4) is 0 Å². The molecule has 19 heavy (non-hydrogen) atoms. The van der Waals surface area contributed by atoms with Crippen molar-refractivity contribution in [2.75, 3.05) is 0 Å². The molecule has 0 aliphatic carbocycles. The van der Waals surface area contributed by atoms with Gasteiger partial charge in [0.15, 0.2) is 6.04 Å². The molecule has 1 aliphatic rings. The molecule has 2 rings (SSSR count). The summed E-state index contributed by atoms with van der Waals surface area (Å²) in [5, 5.41) is 16.8. The molecule has 0 fully saturated rings. The van der Waals surface area contributed by atoms with Gasteiger partial charge in [-0.25, -0.2) is 0 Å². The predicted octanol–water partition coefficient (Wildman–Crippen LogP) is 4.42. The Morgan fingerprint density at radius 2 is 2.05 bits per heavy atom. The minimum absolute atomic E-state index is 0.170. The van der Waals surface area contributed by atoms with Gasteiger partial charge in [0.1, 0.15) is 0 Å².